The predicted molar refractivity (Wildman–Crippen MR) is 114 cm³/mol. The van der Waals surface area contributed by atoms with Gasteiger partial charge in [-0.1, -0.05) is 54.6 Å². The first-order chi connectivity index (χ1) is 15.0. The van der Waals surface area contributed by atoms with Crippen LogP contribution in [0.2, 0.25) is 0 Å². The zero-order chi connectivity index (χ0) is 23.4. The van der Waals surface area contributed by atoms with E-state index in [1.807, 2.05) is 54.6 Å². The Balaban J connectivity index is 1.86. The minimum absolute atomic E-state index is 0.182. The van der Waals surface area contributed by atoms with Crippen molar-refractivity contribution in [3.63, 3.8) is 0 Å². The molecule has 6 nitrogen and oxygen atoms in total. The lowest BCUT2D eigenvalue weighted by atomic mass is 9.90. The Kier molecular flexibility index (Phi) is 7.45. The van der Waals surface area contributed by atoms with Gasteiger partial charge < -0.3 is 9.64 Å². The van der Waals surface area contributed by atoms with Crippen molar-refractivity contribution in [3.05, 3.63) is 60.2 Å². The van der Waals surface area contributed by atoms with Crippen molar-refractivity contribution in [2.45, 2.75) is 37.5 Å². The quantitative estimate of drug-likeness (QED) is 0.693. The summed E-state index contributed by atoms with van der Waals surface area (Å²) in [5.41, 5.74) is 2.76. The van der Waals surface area contributed by atoms with Crippen molar-refractivity contribution < 1.29 is 31.1 Å². The number of likely N-dealkylation sites (tertiary alicyclic amines) is 1. The Labute approximate surface area is 185 Å². The van der Waals surface area contributed by atoms with Crippen molar-refractivity contribution in [2.75, 3.05) is 19.4 Å². The maximum atomic E-state index is 12.5. The van der Waals surface area contributed by atoms with Crippen LogP contribution in [-0.4, -0.2) is 57.1 Å². The monoisotopic (exact) mass is 470 g/mol. The van der Waals surface area contributed by atoms with Crippen LogP contribution in [0.25, 0.3) is 11.1 Å². The fraction of sp³-hybridized carbons (Fsp3) is 0.409. The third-order valence-electron chi connectivity index (χ3n) is 5.22. The molecule has 0 spiro atoms. The summed E-state index contributed by atoms with van der Waals surface area (Å²) >= 11 is 0. The van der Waals surface area contributed by atoms with E-state index >= 15 is 0 Å². The molecule has 1 saturated heterocycles. The number of carbonyl (C=O) groups excluding carboxylic acids is 1. The minimum atomic E-state index is -4.64. The molecule has 0 aromatic heterocycles. The molecule has 10 heteroatoms. The van der Waals surface area contributed by atoms with Crippen LogP contribution in [0, 0.1) is 0 Å². The third-order valence-corrected chi connectivity index (χ3v) is 5.95. The molecular formula is C22H25F3N2O4S. The van der Waals surface area contributed by atoms with E-state index in [0.29, 0.717) is 12.8 Å². The first-order valence-electron chi connectivity index (χ1n) is 10.1. The van der Waals surface area contributed by atoms with Gasteiger partial charge in [0.05, 0.1) is 12.3 Å². The maximum Gasteiger partial charge on any atom is 0.422 e. The average molecular weight is 471 g/mol. The van der Waals surface area contributed by atoms with Gasteiger partial charge in [0.25, 0.3) is 0 Å². The number of hydrogen-bond donors (Lipinski definition) is 1. The Morgan fingerprint density at radius 1 is 1.12 bits per heavy atom. The zero-order valence-corrected chi connectivity index (χ0v) is 18.3. The lowest BCUT2D eigenvalue weighted by Gasteiger charge is -2.40. The van der Waals surface area contributed by atoms with E-state index < -0.39 is 41.0 Å². The number of alkyl halides is 3. The largest absolute Gasteiger partial charge is 0.440 e. The van der Waals surface area contributed by atoms with Crippen LogP contribution in [0.15, 0.2) is 54.6 Å². The molecule has 32 heavy (non-hydrogen) atoms. The number of rotatable bonds is 6. The van der Waals surface area contributed by atoms with Gasteiger partial charge in [-0.3, -0.25) is 0 Å². The Morgan fingerprint density at radius 2 is 1.81 bits per heavy atom. The normalized spacial score (nSPS) is 19.6. The fourth-order valence-corrected chi connectivity index (χ4v) is 4.75. The zero-order valence-electron chi connectivity index (χ0n) is 17.5. The molecule has 0 bridgehead atoms. The number of carbonyl (C=O) groups is 1. The van der Waals surface area contributed by atoms with Crippen LogP contribution >= 0.6 is 0 Å². The highest BCUT2D eigenvalue weighted by Crippen LogP contribution is 2.26. The molecule has 2 aromatic carbocycles. The molecule has 3 rings (SSSR count). The summed E-state index contributed by atoms with van der Waals surface area (Å²) in [5, 5.41) is 0. The number of benzene rings is 2. The number of nitrogens with one attached hydrogen (secondary N) is 1. The van der Waals surface area contributed by atoms with Crippen molar-refractivity contribution >= 4 is 16.1 Å². The molecule has 1 aliphatic heterocycles. The van der Waals surface area contributed by atoms with Gasteiger partial charge in [0, 0.05) is 12.6 Å². The SMILES string of the molecule is CS(=O)(=O)N[C@@H]1CCCN(C(=O)OCC(F)(F)F)[C@@H]1Cc1cccc(-c2ccccc2)c1. The van der Waals surface area contributed by atoms with Crippen LogP contribution in [0.4, 0.5) is 18.0 Å². The van der Waals surface area contributed by atoms with Gasteiger partial charge in [-0.2, -0.15) is 13.2 Å². The van der Waals surface area contributed by atoms with Crippen LogP contribution in [-0.2, 0) is 21.2 Å². The molecule has 2 atom stereocenters. The van der Waals surface area contributed by atoms with Crippen molar-refractivity contribution in [3.8, 4) is 11.1 Å². The summed E-state index contributed by atoms with van der Waals surface area (Å²) in [6, 6.07) is 15.9. The number of halogens is 3. The first-order valence-corrected chi connectivity index (χ1v) is 12.0. The molecule has 1 aliphatic rings. The number of nitrogens with zero attached hydrogens (tertiary/aromatic N) is 1. The minimum Gasteiger partial charge on any atom is -0.440 e. The summed E-state index contributed by atoms with van der Waals surface area (Å²) in [4.78, 5) is 13.7. The van der Waals surface area contributed by atoms with Gasteiger partial charge in [0.1, 0.15) is 0 Å². The predicted octanol–water partition coefficient (Wildman–Crippen LogP) is 3.98. The highest BCUT2D eigenvalue weighted by molar-refractivity contribution is 7.88. The molecule has 1 amide bonds. The number of hydrogen-bond acceptors (Lipinski definition) is 4. The Bertz CT molecular complexity index is 1030. The first kappa shape index (κ1) is 24.1. The van der Waals surface area contributed by atoms with Crippen LogP contribution < -0.4 is 4.72 Å². The topological polar surface area (TPSA) is 75.7 Å². The number of amides is 1. The van der Waals surface area contributed by atoms with Gasteiger partial charge >= 0.3 is 12.3 Å². The van der Waals surface area contributed by atoms with Crippen molar-refractivity contribution in [2.24, 2.45) is 0 Å². The molecule has 1 heterocycles. The van der Waals surface area contributed by atoms with E-state index in [-0.39, 0.29) is 13.0 Å². The smallest absolute Gasteiger partial charge is 0.422 e. The lowest BCUT2D eigenvalue weighted by molar-refractivity contribution is -0.163. The molecule has 0 unspecified atom stereocenters. The highest BCUT2D eigenvalue weighted by atomic mass is 32.2. The van der Waals surface area contributed by atoms with E-state index in [0.717, 1.165) is 22.9 Å². The van der Waals surface area contributed by atoms with E-state index in [1.54, 1.807) is 0 Å². The van der Waals surface area contributed by atoms with E-state index in [9.17, 15) is 26.4 Å². The van der Waals surface area contributed by atoms with Crippen molar-refractivity contribution in [1.82, 2.24) is 9.62 Å². The maximum absolute atomic E-state index is 12.5. The second kappa shape index (κ2) is 9.91. The summed E-state index contributed by atoms with van der Waals surface area (Å²) in [6.07, 6.45) is -3.58. The van der Waals surface area contributed by atoms with Gasteiger partial charge in [-0.25, -0.2) is 17.9 Å². The molecule has 1 N–H and O–H groups in total. The molecular weight excluding hydrogens is 445 g/mol. The molecule has 174 valence electrons. The highest BCUT2D eigenvalue weighted by Gasteiger charge is 2.38. The number of piperidine rings is 1. The van der Waals surface area contributed by atoms with Crippen LogP contribution in [0.3, 0.4) is 0 Å². The van der Waals surface area contributed by atoms with Crippen LogP contribution in [0.1, 0.15) is 18.4 Å². The van der Waals surface area contributed by atoms with Gasteiger partial charge in [-0.15, -0.1) is 0 Å². The van der Waals surface area contributed by atoms with Gasteiger partial charge in [0.15, 0.2) is 6.61 Å². The third kappa shape index (κ3) is 6.96. The molecule has 0 saturated carbocycles. The molecule has 0 radical (unpaired) electrons. The second-order valence-corrected chi connectivity index (χ2v) is 9.62. The van der Waals surface area contributed by atoms with Gasteiger partial charge in [0.2, 0.25) is 10.0 Å². The summed E-state index contributed by atoms with van der Waals surface area (Å²) in [7, 11) is -3.59. The molecule has 2 aromatic rings. The van der Waals surface area contributed by atoms with Crippen molar-refractivity contribution in [1.29, 1.82) is 0 Å². The number of ether oxygens (including phenoxy) is 1. The summed E-state index contributed by atoms with van der Waals surface area (Å²) in [6.45, 7) is -1.51. The Hall–Kier alpha value is -2.59. The summed E-state index contributed by atoms with van der Waals surface area (Å²) < 4.78 is 68.4. The Morgan fingerprint density at radius 3 is 2.47 bits per heavy atom. The molecule has 0 aliphatic carbocycles. The fourth-order valence-electron chi connectivity index (χ4n) is 3.92. The second-order valence-electron chi connectivity index (χ2n) is 7.84. The van der Waals surface area contributed by atoms with Crippen LogP contribution in [0.5, 0.6) is 0 Å². The van der Waals surface area contributed by atoms with E-state index in [2.05, 4.69) is 9.46 Å². The number of sulfonamides is 1. The van der Waals surface area contributed by atoms with Gasteiger partial charge in [-0.05, 0) is 36.0 Å². The lowest BCUT2D eigenvalue weighted by Crippen LogP contribution is -2.58. The summed E-state index contributed by atoms with van der Waals surface area (Å²) in [5.74, 6) is 0. The van der Waals surface area contributed by atoms with E-state index in [4.69, 9.17) is 0 Å². The molecule has 1 fully saturated rings. The average Bonchev–Trinajstić information content (AvgIpc) is 2.72. The standard InChI is InChI=1S/C22H25F3N2O4S/c1-32(29,30)26-19-11-6-12-27(21(28)31-15-22(23,24)25)20(19)14-16-7-5-10-18(13-16)17-8-3-2-4-9-17/h2-5,7-10,13,19-20,26H,6,11-12,14-15H2,1H3/t19-,20-/m1/s1. The van der Waals surface area contributed by atoms with E-state index in [1.165, 1.54) is 4.90 Å².